The van der Waals surface area contributed by atoms with Crippen LogP contribution in [0.3, 0.4) is 0 Å². The first-order valence-corrected chi connectivity index (χ1v) is 16.0. The summed E-state index contributed by atoms with van der Waals surface area (Å²) in [6.07, 6.45) is -1.50. The number of nitrogens with one attached hydrogen (secondary N) is 3. The van der Waals surface area contributed by atoms with E-state index in [1.54, 1.807) is 12.1 Å². The Bertz CT molecular complexity index is 1850. The van der Waals surface area contributed by atoms with Crippen LogP contribution in [-0.4, -0.2) is 64.5 Å². The number of aliphatic imine (C=N–C) groups is 1. The van der Waals surface area contributed by atoms with Crippen LogP contribution in [0.25, 0.3) is 28.0 Å². The van der Waals surface area contributed by atoms with Gasteiger partial charge in [-0.05, 0) is 87.5 Å². The number of fused-ring (bicyclic) bond motifs is 1. The number of carbonyl (C=O) groups is 1. The molecule has 13 nitrogen and oxygen atoms in total. The lowest BCUT2D eigenvalue weighted by molar-refractivity contribution is -0.275. The summed E-state index contributed by atoms with van der Waals surface area (Å²) >= 11 is 0. The van der Waals surface area contributed by atoms with Gasteiger partial charge in [-0.25, -0.2) is 14.2 Å². The van der Waals surface area contributed by atoms with Gasteiger partial charge in [0.2, 0.25) is 5.91 Å². The summed E-state index contributed by atoms with van der Waals surface area (Å²) in [6, 6.07) is 10.6. The topological polar surface area (TPSA) is 217 Å². The number of aryl methyl sites for hydroxylation is 1. The quantitative estimate of drug-likeness (QED) is 0.0518. The maximum atomic E-state index is 15.4. The van der Waals surface area contributed by atoms with Gasteiger partial charge < -0.3 is 43.3 Å². The first-order valence-electron chi connectivity index (χ1n) is 16.0. The highest BCUT2D eigenvalue weighted by Crippen LogP contribution is 2.35. The highest BCUT2D eigenvalue weighted by molar-refractivity contribution is 5.83. The van der Waals surface area contributed by atoms with Crippen molar-refractivity contribution in [3.05, 3.63) is 76.1 Å². The van der Waals surface area contributed by atoms with E-state index in [2.05, 4.69) is 30.3 Å². The van der Waals surface area contributed by atoms with Gasteiger partial charge in [-0.1, -0.05) is 12.1 Å². The van der Waals surface area contributed by atoms with Gasteiger partial charge in [-0.3, -0.25) is 9.36 Å². The minimum Gasteiger partial charge on any atom is -0.403 e. The average molecular weight is 703 g/mol. The smallest absolute Gasteiger partial charge is 0.403 e. The molecule has 0 aliphatic carbocycles. The molecule has 4 rings (SSSR count). The number of rotatable bonds is 16. The molecule has 2 aromatic carbocycles. The molecular weight excluding hydrogens is 660 g/mol. The molecule has 0 radical (unpaired) electrons. The molecule has 3 atom stereocenters. The van der Waals surface area contributed by atoms with Crippen LogP contribution < -0.4 is 44.0 Å². The molecule has 11 N–H and O–H groups in total. The second kappa shape index (κ2) is 16.6. The number of amides is 1. The number of hydrogen-bond acceptors (Lipinski definition) is 8. The zero-order valence-corrected chi connectivity index (χ0v) is 27.7. The van der Waals surface area contributed by atoms with Gasteiger partial charge in [0.25, 0.3) is 0 Å². The average Bonchev–Trinajstić information content (AvgIpc) is 3.45. The van der Waals surface area contributed by atoms with E-state index in [9.17, 15) is 22.8 Å². The van der Waals surface area contributed by atoms with Gasteiger partial charge in [-0.2, -0.15) is 4.98 Å². The second-order valence-corrected chi connectivity index (χ2v) is 12.0. The monoisotopic (exact) mass is 702 g/mol. The van der Waals surface area contributed by atoms with Crippen molar-refractivity contribution < 1.29 is 27.1 Å². The Morgan fingerprint density at radius 2 is 1.84 bits per heavy atom. The van der Waals surface area contributed by atoms with Crippen molar-refractivity contribution in [3.8, 4) is 22.7 Å². The predicted molar refractivity (Wildman–Crippen MR) is 183 cm³/mol. The number of aromatic nitrogens is 3. The molecule has 0 aliphatic heterocycles. The third-order valence-electron chi connectivity index (χ3n) is 7.90. The van der Waals surface area contributed by atoms with Crippen LogP contribution in [0.15, 0.2) is 58.4 Å². The van der Waals surface area contributed by atoms with Gasteiger partial charge in [0.05, 0.1) is 24.0 Å². The fourth-order valence-electron chi connectivity index (χ4n) is 5.38. The summed E-state index contributed by atoms with van der Waals surface area (Å²) < 4.78 is 60.1. The summed E-state index contributed by atoms with van der Waals surface area (Å²) in [7, 11) is 0. The van der Waals surface area contributed by atoms with Gasteiger partial charge in [-0.15, -0.1) is 13.2 Å². The summed E-state index contributed by atoms with van der Waals surface area (Å²) in [6.45, 7) is 4.40. The van der Waals surface area contributed by atoms with Crippen LogP contribution >= 0.6 is 0 Å². The van der Waals surface area contributed by atoms with Gasteiger partial charge in [0, 0.05) is 35.8 Å². The molecule has 0 aliphatic rings. The predicted octanol–water partition coefficient (Wildman–Crippen LogP) is 2.85. The van der Waals surface area contributed by atoms with Crippen molar-refractivity contribution in [2.24, 2.45) is 27.9 Å². The molecule has 0 spiro atoms. The Morgan fingerprint density at radius 3 is 2.48 bits per heavy atom. The Morgan fingerprint density at radius 1 is 1.12 bits per heavy atom. The van der Waals surface area contributed by atoms with Crippen LogP contribution in [0.5, 0.6) is 5.75 Å². The number of guanidine groups is 1. The summed E-state index contributed by atoms with van der Waals surface area (Å²) in [5, 5.41) is 6.48. The second-order valence-electron chi connectivity index (χ2n) is 12.0. The molecule has 1 amide bonds. The van der Waals surface area contributed by atoms with Crippen molar-refractivity contribution in [3.63, 3.8) is 0 Å². The number of benzene rings is 2. The normalized spacial score (nSPS) is 13.5. The first kappa shape index (κ1) is 37.8. The van der Waals surface area contributed by atoms with Crippen molar-refractivity contribution in [2.45, 2.75) is 64.0 Å². The SMILES string of the molecule is C[C@H](N)CCCc1cc(OC(F)(F)F)c(F)c(-c2cc3cn(-c4ccc([C@H](C)NCC[C@@H](CNC(=O)CN)N=C(N)N)cc4)c(=O)nc3[nH]2)c1. The molecule has 0 bridgehead atoms. The highest BCUT2D eigenvalue weighted by atomic mass is 19.4. The van der Waals surface area contributed by atoms with Crippen LogP contribution in [0.2, 0.25) is 0 Å². The number of alkyl halides is 3. The van der Waals surface area contributed by atoms with Crippen LogP contribution in [0.1, 0.15) is 50.3 Å². The standard InChI is InChI=1S/C33H42F4N10O3/c1-18(39)4-3-5-20-12-25(29(34)27(13-20)50-33(35,36)37)26-14-22-17-47(32(49)46-30(22)45-26)24-8-6-21(7-9-24)19(2)42-11-10-23(44-31(40)41)16-43-28(48)15-38/h6-9,12-14,17-19,23,42H,3-5,10-11,15-16,38-39H2,1-2H3,(H,43,48)(H4,40,41,44)(H,45,46,49)/t18-,19-,23-/m0/s1. The maximum absolute atomic E-state index is 15.4. The largest absolute Gasteiger partial charge is 0.573 e. The number of nitrogens with zero attached hydrogens (tertiary/aromatic N) is 3. The van der Waals surface area contributed by atoms with Crippen LogP contribution in [0.4, 0.5) is 17.6 Å². The number of halogens is 4. The van der Waals surface area contributed by atoms with Gasteiger partial charge in [0.1, 0.15) is 5.65 Å². The van der Waals surface area contributed by atoms with E-state index in [1.807, 2.05) is 26.0 Å². The van der Waals surface area contributed by atoms with E-state index in [1.165, 1.54) is 22.9 Å². The number of nitrogens with two attached hydrogens (primary N) is 4. The lowest BCUT2D eigenvalue weighted by atomic mass is 10.0. The van der Waals surface area contributed by atoms with E-state index >= 15 is 4.39 Å². The van der Waals surface area contributed by atoms with Crippen LogP contribution in [0, 0.1) is 5.82 Å². The molecule has 0 fully saturated rings. The zero-order valence-electron chi connectivity index (χ0n) is 27.7. The van der Waals surface area contributed by atoms with Crippen molar-refractivity contribution in [1.82, 2.24) is 25.2 Å². The maximum Gasteiger partial charge on any atom is 0.573 e. The number of H-pyrrole nitrogens is 1. The van der Waals surface area contributed by atoms with E-state index in [0.717, 1.165) is 11.6 Å². The molecular formula is C33H42F4N10O3. The van der Waals surface area contributed by atoms with E-state index in [4.69, 9.17) is 22.9 Å². The molecule has 4 aromatic rings. The lowest BCUT2D eigenvalue weighted by Crippen LogP contribution is -2.38. The minimum absolute atomic E-state index is 0.0887. The first-order chi connectivity index (χ1) is 23.6. The summed E-state index contributed by atoms with van der Waals surface area (Å²) in [4.78, 5) is 35.7. The van der Waals surface area contributed by atoms with Crippen molar-refractivity contribution in [1.29, 1.82) is 0 Å². The minimum atomic E-state index is -5.10. The Labute approximate surface area is 285 Å². The lowest BCUT2D eigenvalue weighted by Gasteiger charge is -2.18. The Kier molecular flexibility index (Phi) is 12.6. The Hall–Kier alpha value is -5.00. The summed E-state index contributed by atoms with van der Waals surface area (Å²) in [5.41, 5.74) is 23.5. The molecule has 0 unspecified atom stereocenters. The number of ether oxygens (including phenoxy) is 1. The molecule has 2 aromatic heterocycles. The zero-order chi connectivity index (χ0) is 36.6. The van der Waals surface area contributed by atoms with Crippen molar-refractivity contribution in [2.75, 3.05) is 19.6 Å². The molecule has 50 heavy (non-hydrogen) atoms. The van der Waals surface area contributed by atoms with Gasteiger partial charge >= 0.3 is 12.1 Å². The van der Waals surface area contributed by atoms with E-state index in [0.29, 0.717) is 48.9 Å². The number of aromatic amines is 1. The molecule has 0 saturated carbocycles. The fraction of sp³-hybridized carbons (Fsp3) is 0.394. The van der Waals surface area contributed by atoms with E-state index in [-0.39, 0.29) is 60.0 Å². The van der Waals surface area contributed by atoms with Crippen molar-refractivity contribution >= 4 is 22.9 Å². The molecule has 0 saturated heterocycles. The molecule has 2 heterocycles. The highest BCUT2D eigenvalue weighted by Gasteiger charge is 2.33. The van der Waals surface area contributed by atoms with E-state index < -0.39 is 23.6 Å². The third kappa shape index (κ3) is 10.5. The number of carbonyl (C=O) groups excluding carboxylic acids is 1. The number of hydrogen-bond donors (Lipinski definition) is 7. The fourth-order valence-corrected chi connectivity index (χ4v) is 5.38. The van der Waals surface area contributed by atoms with Gasteiger partial charge in [0.15, 0.2) is 17.5 Å². The molecule has 270 valence electrons. The molecule has 17 heteroatoms. The third-order valence-corrected chi connectivity index (χ3v) is 7.90. The summed E-state index contributed by atoms with van der Waals surface area (Å²) in [5.74, 6) is -2.56. The Balaban J connectivity index is 1.52. The van der Waals surface area contributed by atoms with Crippen LogP contribution in [-0.2, 0) is 11.2 Å².